The zero-order valence-electron chi connectivity index (χ0n) is 15.9. The van der Waals surface area contributed by atoms with E-state index >= 15 is 0 Å². The van der Waals surface area contributed by atoms with Crippen LogP contribution in [0.1, 0.15) is 44.1 Å². The van der Waals surface area contributed by atoms with Gasteiger partial charge in [0.25, 0.3) is 0 Å². The minimum absolute atomic E-state index is 0.00140. The van der Waals surface area contributed by atoms with Crippen LogP contribution in [0.3, 0.4) is 0 Å². The summed E-state index contributed by atoms with van der Waals surface area (Å²) in [5.74, 6) is 0.800. The Kier molecular flexibility index (Phi) is 8.90. The summed E-state index contributed by atoms with van der Waals surface area (Å²) in [4.78, 5) is 23.2. The van der Waals surface area contributed by atoms with Gasteiger partial charge in [-0.2, -0.15) is 0 Å². The van der Waals surface area contributed by atoms with Gasteiger partial charge < -0.3 is 15.4 Å². The van der Waals surface area contributed by atoms with E-state index in [-0.39, 0.29) is 11.8 Å². The van der Waals surface area contributed by atoms with Crippen molar-refractivity contribution in [2.75, 3.05) is 12.4 Å². The van der Waals surface area contributed by atoms with E-state index in [2.05, 4.69) is 10.6 Å². The molecule has 0 atom stereocenters. The van der Waals surface area contributed by atoms with Crippen molar-refractivity contribution in [3.63, 3.8) is 0 Å². The fourth-order valence-corrected chi connectivity index (χ4v) is 2.68. The molecule has 0 saturated carbocycles. The summed E-state index contributed by atoms with van der Waals surface area (Å²) >= 11 is 0. The van der Waals surface area contributed by atoms with Gasteiger partial charge in [0, 0.05) is 31.6 Å². The number of hydrogen-bond donors (Lipinski definition) is 2. The lowest BCUT2D eigenvalue weighted by atomic mass is 10.1. The van der Waals surface area contributed by atoms with Crippen molar-refractivity contribution in [1.29, 1.82) is 0 Å². The van der Waals surface area contributed by atoms with Gasteiger partial charge in [-0.3, -0.25) is 9.59 Å². The van der Waals surface area contributed by atoms with Crippen molar-refractivity contribution in [3.8, 4) is 5.75 Å². The number of amides is 2. The maximum absolute atomic E-state index is 12.1. The fourth-order valence-electron chi connectivity index (χ4n) is 2.68. The molecule has 2 N–H and O–H groups in total. The summed E-state index contributed by atoms with van der Waals surface area (Å²) in [6.07, 6.45) is 4.63. The third-order valence-corrected chi connectivity index (χ3v) is 4.20. The summed E-state index contributed by atoms with van der Waals surface area (Å²) in [6.45, 7) is 0.494. The van der Waals surface area contributed by atoms with E-state index in [1.807, 2.05) is 54.6 Å². The smallest absolute Gasteiger partial charge is 0.224 e. The zero-order chi connectivity index (χ0) is 19.3. The van der Waals surface area contributed by atoms with Gasteiger partial charge in [-0.15, -0.1) is 0 Å². The Labute approximate surface area is 161 Å². The van der Waals surface area contributed by atoms with Gasteiger partial charge in [-0.25, -0.2) is 0 Å². The fraction of sp³-hybridized carbons (Fsp3) is 0.364. The second kappa shape index (κ2) is 11.7. The van der Waals surface area contributed by atoms with Gasteiger partial charge in [0.05, 0.1) is 0 Å². The van der Waals surface area contributed by atoms with Crippen molar-refractivity contribution in [1.82, 2.24) is 5.32 Å². The highest BCUT2D eigenvalue weighted by atomic mass is 16.5. The minimum Gasteiger partial charge on any atom is -0.489 e. The normalized spacial score (nSPS) is 10.3. The average molecular weight is 368 g/mol. The molecule has 2 amide bonds. The molecule has 0 aliphatic heterocycles. The number of hydrogen-bond acceptors (Lipinski definition) is 3. The van der Waals surface area contributed by atoms with Crippen molar-refractivity contribution in [2.24, 2.45) is 0 Å². The predicted molar refractivity (Wildman–Crippen MR) is 108 cm³/mol. The number of rotatable bonds is 11. The molecule has 2 aromatic carbocycles. The number of ether oxygens (including phenoxy) is 1. The molecule has 5 nitrogen and oxygen atoms in total. The van der Waals surface area contributed by atoms with Crippen LogP contribution in [0.5, 0.6) is 5.75 Å². The van der Waals surface area contributed by atoms with Crippen LogP contribution in [0.4, 0.5) is 5.69 Å². The molecule has 144 valence electrons. The number of unbranched alkanes of at least 4 members (excludes halogenated alkanes) is 3. The Bertz CT molecular complexity index is 717. The van der Waals surface area contributed by atoms with Gasteiger partial charge in [-0.05, 0) is 30.5 Å². The SMILES string of the molecule is CNC(=O)CCCCCCC(=O)Nc1cccc(OCc2ccccc2)c1. The molecule has 0 heterocycles. The molecule has 0 saturated heterocycles. The number of anilines is 1. The Hall–Kier alpha value is -2.82. The third-order valence-electron chi connectivity index (χ3n) is 4.20. The first kappa shape index (κ1) is 20.5. The lowest BCUT2D eigenvalue weighted by Gasteiger charge is -2.09. The van der Waals surface area contributed by atoms with E-state index in [9.17, 15) is 9.59 Å². The molecule has 0 aliphatic carbocycles. The highest BCUT2D eigenvalue weighted by Gasteiger charge is 2.04. The largest absolute Gasteiger partial charge is 0.489 e. The first-order valence-corrected chi connectivity index (χ1v) is 9.44. The standard InChI is InChI=1S/C22H28N2O3/c1-23-21(25)14-7-2-3-8-15-22(26)24-19-12-9-13-20(16-19)27-17-18-10-5-4-6-11-18/h4-6,9-13,16H,2-3,7-8,14-15,17H2,1H3,(H,23,25)(H,24,26). The van der Waals surface area contributed by atoms with E-state index in [0.717, 1.165) is 42.7 Å². The summed E-state index contributed by atoms with van der Waals surface area (Å²) in [5.41, 5.74) is 1.84. The number of carbonyl (C=O) groups is 2. The van der Waals surface area contributed by atoms with Crippen molar-refractivity contribution < 1.29 is 14.3 Å². The van der Waals surface area contributed by atoms with Crippen LogP contribution in [0.15, 0.2) is 54.6 Å². The van der Waals surface area contributed by atoms with Gasteiger partial charge in [0.2, 0.25) is 11.8 Å². The molecule has 0 fully saturated rings. The molecule has 0 aromatic heterocycles. The summed E-state index contributed by atoms with van der Waals surface area (Å²) in [5, 5.41) is 5.53. The molecular weight excluding hydrogens is 340 g/mol. The Balaban J connectivity index is 1.67. The van der Waals surface area contributed by atoms with Crippen LogP contribution in [0, 0.1) is 0 Å². The van der Waals surface area contributed by atoms with Gasteiger partial charge >= 0.3 is 0 Å². The first-order chi connectivity index (χ1) is 13.2. The molecule has 5 heteroatoms. The highest BCUT2D eigenvalue weighted by Crippen LogP contribution is 2.19. The predicted octanol–water partition coefficient (Wildman–Crippen LogP) is 4.29. The first-order valence-electron chi connectivity index (χ1n) is 9.44. The summed E-state index contributed by atoms with van der Waals surface area (Å²) < 4.78 is 5.78. The van der Waals surface area contributed by atoms with E-state index < -0.39 is 0 Å². The van der Waals surface area contributed by atoms with Crippen LogP contribution >= 0.6 is 0 Å². The topological polar surface area (TPSA) is 67.4 Å². The molecular formula is C22H28N2O3. The Morgan fingerprint density at radius 1 is 0.852 bits per heavy atom. The van der Waals surface area contributed by atoms with E-state index in [0.29, 0.717) is 19.4 Å². The van der Waals surface area contributed by atoms with E-state index in [1.165, 1.54) is 0 Å². The van der Waals surface area contributed by atoms with Gasteiger partial charge in [-0.1, -0.05) is 49.2 Å². The molecule has 2 rings (SSSR count). The molecule has 0 bridgehead atoms. The maximum Gasteiger partial charge on any atom is 0.224 e. The van der Waals surface area contributed by atoms with Crippen molar-refractivity contribution >= 4 is 17.5 Å². The molecule has 0 aliphatic rings. The van der Waals surface area contributed by atoms with E-state index in [4.69, 9.17) is 4.74 Å². The highest BCUT2D eigenvalue weighted by molar-refractivity contribution is 5.90. The second-order valence-electron chi connectivity index (χ2n) is 6.44. The Morgan fingerprint density at radius 2 is 1.56 bits per heavy atom. The average Bonchev–Trinajstić information content (AvgIpc) is 2.70. The van der Waals surface area contributed by atoms with Gasteiger partial charge in [0.15, 0.2) is 0 Å². The van der Waals surface area contributed by atoms with Crippen LogP contribution < -0.4 is 15.4 Å². The van der Waals surface area contributed by atoms with Crippen molar-refractivity contribution in [2.45, 2.75) is 45.1 Å². The molecule has 0 radical (unpaired) electrons. The monoisotopic (exact) mass is 368 g/mol. The summed E-state index contributed by atoms with van der Waals surface area (Å²) in [6, 6.07) is 17.4. The van der Waals surface area contributed by atoms with Crippen LogP contribution in [-0.2, 0) is 16.2 Å². The Morgan fingerprint density at radius 3 is 2.26 bits per heavy atom. The maximum atomic E-state index is 12.1. The van der Waals surface area contributed by atoms with Crippen LogP contribution in [0.25, 0.3) is 0 Å². The minimum atomic E-state index is 0.00140. The molecule has 27 heavy (non-hydrogen) atoms. The summed E-state index contributed by atoms with van der Waals surface area (Å²) in [7, 11) is 1.65. The lowest BCUT2D eigenvalue weighted by Crippen LogP contribution is -2.16. The van der Waals surface area contributed by atoms with E-state index in [1.54, 1.807) is 7.05 Å². The number of benzene rings is 2. The molecule has 0 unspecified atom stereocenters. The third kappa shape index (κ3) is 8.40. The number of nitrogens with one attached hydrogen (secondary N) is 2. The van der Waals surface area contributed by atoms with Gasteiger partial charge in [0.1, 0.15) is 12.4 Å². The molecule has 0 spiro atoms. The molecule has 2 aromatic rings. The lowest BCUT2D eigenvalue weighted by molar-refractivity contribution is -0.120. The van der Waals surface area contributed by atoms with Crippen LogP contribution in [-0.4, -0.2) is 18.9 Å². The zero-order valence-corrected chi connectivity index (χ0v) is 15.9. The quantitative estimate of drug-likeness (QED) is 0.581. The van der Waals surface area contributed by atoms with Crippen LogP contribution in [0.2, 0.25) is 0 Å². The second-order valence-corrected chi connectivity index (χ2v) is 6.44. The van der Waals surface area contributed by atoms with Crippen molar-refractivity contribution in [3.05, 3.63) is 60.2 Å². The number of carbonyl (C=O) groups excluding carboxylic acids is 2.